The lowest BCUT2D eigenvalue weighted by Gasteiger charge is -2.17. The smallest absolute Gasteiger partial charge is 0.212 e. The average Bonchev–Trinajstić information content (AvgIpc) is 2.06. The number of rotatable bonds is 4. The second kappa shape index (κ2) is 4.51. The van der Waals surface area contributed by atoms with E-state index in [1.807, 2.05) is 13.8 Å². The fourth-order valence-electron chi connectivity index (χ4n) is 1.30. The Morgan fingerprint density at radius 2 is 2.14 bits per heavy atom. The van der Waals surface area contributed by atoms with E-state index in [9.17, 15) is 4.39 Å². The zero-order valence-corrected chi connectivity index (χ0v) is 8.76. The van der Waals surface area contributed by atoms with Crippen LogP contribution >= 0.6 is 0 Å². The second-order valence-corrected chi connectivity index (χ2v) is 4.33. The molecule has 0 radical (unpaired) electrons. The SMILES string of the molecule is CC(C)(N)CCCc1ccc(F)nc1. The van der Waals surface area contributed by atoms with Gasteiger partial charge in [-0.3, -0.25) is 0 Å². The molecule has 0 aliphatic rings. The van der Waals surface area contributed by atoms with Crippen LogP contribution in [-0.4, -0.2) is 10.5 Å². The zero-order valence-electron chi connectivity index (χ0n) is 8.76. The molecule has 3 heteroatoms. The van der Waals surface area contributed by atoms with Crippen molar-refractivity contribution >= 4 is 0 Å². The highest BCUT2D eigenvalue weighted by molar-refractivity contribution is 5.09. The van der Waals surface area contributed by atoms with Crippen LogP contribution < -0.4 is 5.73 Å². The predicted molar refractivity (Wildman–Crippen MR) is 55.4 cm³/mol. The minimum atomic E-state index is -0.423. The van der Waals surface area contributed by atoms with E-state index in [1.54, 1.807) is 12.3 Å². The van der Waals surface area contributed by atoms with Crippen LogP contribution in [-0.2, 0) is 6.42 Å². The first kappa shape index (κ1) is 11.1. The summed E-state index contributed by atoms with van der Waals surface area (Å²) in [6, 6.07) is 3.16. The second-order valence-electron chi connectivity index (χ2n) is 4.33. The van der Waals surface area contributed by atoms with Gasteiger partial charge in [-0.25, -0.2) is 4.98 Å². The van der Waals surface area contributed by atoms with E-state index < -0.39 is 5.95 Å². The highest BCUT2D eigenvalue weighted by Crippen LogP contribution is 2.11. The van der Waals surface area contributed by atoms with E-state index in [0.717, 1.165) is 24.8 Å². The topological polar surface area (TPSA) is 38.9 Å². The molecule has 14 heavy (non-hydrogen) atoms. The van der Waals surface area contributed by atoms with E-state index >= 15 is 0 Å². The van der Waals surface area contributed by atoms with Crippen LogP contribution in [0.2, 0.25) is 0 Å². The van der Waals surface area contributed by atoms with Gasteiger partial charge in [-0.15, -0.1) is 0 Å². The fraction of sp³-hybridized carbons (Fsp3) is 0.545. The minimum Gasteiger partial charge on any atom is -0.326 e. The molecule has 0 saturated heterocycles. The van der Waals surface area contributed by atoms with Gasteiger partial charge in [0.2, 0.25) is 5.95 Å². The Morgan fingerprint density at radius 1 is 1.43 bits per heavy atom. The molecule has 1 aromatic heterocycles. The third kappa shape index (κ3) is 4.33. The van der Waals surface area contributed by atoms with E-state index in [1.165, 1.54) is 6.07 Å². The molecule has 78 valence electrons. The summed E-state index contributed by atoms with van der Waals surface area (Å²) < 4.78 is 12.5. The van der Waals surface area contributed by atoms with E-state index in [-0.39, 0.29) is 5.54 Å². The van der Waals surface area contributed by atoms with E-state index in [4.69, 9.17) is 5.73 Å². The van der Waals surface area contributed by atoms with Gasteiger partial charge in [0.1, 0.15) is 0 Å². The van der Waals surface area contributed by atoms with Crippen molar-refractivity contribution in [2.75, 3.05) is 0 Å². The van der Waals surface area contributed by atoms with Crippen molar-refractivity contribution in [3.63, 3.8) is 0 Å². The number of nitrogens with two attached hydrogens (primary N) is 1. The standard InChI is InChI=1S/C11H17FN2/c1-11(2,13)7-3-4-9-5-6-10(12)14-8-9/h5-6,8H,3-4,7,13H2,1-2H3. The molecule has 1 aromatic rings. The Labute approximate surface area is 84.3 Å². The van der Waals surface area contributed by atoms with Crippen molar-refractivity contribution in [3.8, 4) is 0 Å². The predicted octanol–water partition coefficient (Wildman–Crippen LogP) is 2.28. The highest BCUT2D eigenvalue weighted by atomic mass is 19.1. The molecule has 0 saturated carbocycles. The maximum atomic E-state index is 12.5. The first-order valence-corrected chi connectivity index (χ1v) is 4.87. The lowest BCUT2D eigenvalue weighted by atomic mass is 9.97. The van der Waals surface area contributed by atoms with Gasteiger partial charge in [0.15, 0.2) is 0 Å². The normalized spacial score (nSPS) is 11.7. The summed E-state index contributed by atoms with van der Waals surface area (Å²) in [5.41, 5.74) is 6.80. The fourth-order valence-corrected chi connectivity index (χ4v) is 1.30. The number of pyridine rings is 1. The Kier molecular flexibility index (Phi) is 3.58. The number of aromatic nitrogens is 1. The molecule has 0 atom stereocenters. The van der Waals surface area contributed by atoms with Crippen molar-refractivity contribution in [2.45, 2.75) is 38.6 Å². The van der Waals surface area contributed by atoms with Crippen LogP contribution in [0.3, 0.4) is 0 Å². The van der Waals surface area contributed by atoms with Gasteiger partial charge in [0, 0.05) is 11.7 Å². The van der Waals surface area contributed by atoms with Gasteiger partial charge < -0.3 is 5.73 Å². The zero-order chi connectivity index (χ0) is 10.6. The summed E-state index contributed by atoms with van der Waals surface area (Å²) >= 11 is 0. The maximum absolute atomic E-state index is 12.5. The Bertz CT molecular complexity index is 274. The van der Waals surface area contributed by atoms with Crippen molar-refractivity contribution in [3.05, 3.63) is 29.8 Å². The number of hydrogen-bond donors (Lipinski definition) is 1. The summed E-state index contributed by atoms with van der Waals surface area (Å²) in [4.78, 5) is 3.60. The lowest BCUT2D eigenvalue weighted by Crippen LogP contribution is -2.31. The molecule has 0 spiro atoms. The molecule has 1 rings (SSSR count). The molecule has 1 heterocycles. The minimum absolute atomic E-state index is 0.118. The largest absolute Gasteiger partial charge is 0.326 e. The molecular formula is C11H17FN2. The van der Waals surface area contributed by atoms with Gasteiger partial charge in [-0.1, -0.05) is 6.07 Å². The molecule has 2 nitrogen and oxygen atoms in total. The molecule has 0 unspecified atom stereocenters. The van der Waals surface area contributed by atoms with Crippen molar-refractivity contribution in [2.24, 2.45) is 5.73 Å². The quantitative estimate of drug-likeness (QED) is 0.750. The molecule has 0 amide bonds. The number of aryl methyl sites for hydroxylation is 1. The van der Waals surface area contributed by atoms with Crippen molar-refractivity contribution in [1.82, 2.24) is 4.98 Å². The van der Waals surface area contributed by atoms with Crippen LogP contribution in [0.4, 0.5) is 4.39 Å². The molecule has 0 aliphatic heterocycles. The first-order chi connectivity index (χ1) is 6.47. The third-order valence-corrected chi connectivity index (χ3v) is 2.08. The number of halogens is 1. The Hall–Kier alpha value is -0.960. The van der Waals surface area contributed by atoms with E-state index in [2.05, 4.69) is 4.98 Å². The molecular weight excluding hydrogens is 179 g/mol. The monoisotopic (exact) mass is 196 g/mol. The number of nitrogens with zero attached hydrogens (tertiary/aromatic N) is 1. The lowest BCUT2D eigenvalue weighted by molar-refractivity contribution is 0.459. The Morgan fingerprint density at radius 3 is 2.64 bits per heavy atom. The van der Waals surface area contributed by atoms with Crippen LogP contribution in [0.1, 0.15) is 32.3 Å². The average molecular weight is 196 g/mol. The van der Waals surface area contributed by atoms with Crippen LogP contribution in [0.15, 0.2) is 18.3 Å². The first-order valence-electron chi connectivity index (χ1n) is 4.87. The van der Waals surface area contributed by atoms with Crippen LogP contribution in [0.25, 0.3) is 0 Å². The molecule has 2 N–H and O–H groups in total. The van der Waals surface area contributed by atoms with Gasteiger partial charge >= 0.3 is 0 Å². The maximum Gasteiger partial charge on any atom is 0.212 e. The van der Waals surface area contributed by atoms with Gasteiger partial charge in [0.05, 0.1) is 0 Å². The number of hydrogen-bond acceptors (Lipinski definition) is 2. The van der Waals surface area contributed by atoms with E-state index in [0.29, 0.717) is 0 Å². The van der Waals surface area contributed by atoms with Gasteiger partial charge in [-0.05, 0) is 44.7 Å². The summed E-state index contributed by atoms with van der Waals surface area (Å²) in [6.45, 7) is 4.02. The Balaban J connectivity index is 2.35. The van der Waals surface area contributed by atoms with Gasteiger partial charge in [-0.2, -0.15) is 4.39 Å². The highest BCUT2D eigenvalue weighted by Gasteiger charge is 2.09. The molecule has 0 bridgehead atoms. The summed E-state index contributed by atoms with van der Waals surface area (Å²) in [7, 11) is 0. The summed E-state index contributed by atoms with van der Waals surface area (Å²) in [6.07, 6.45) is 4.47. The molecule has 0 fully saturated rings. The van der Waals surface area contributed by atoms with Crippen LogP contribution in [0.5, 0.6) is 0 Å². The molecule has 0 aliphatic carbocycles. The summed E-state index contributed by atoms with van der Waals surface area (Å²) in [5, 5.41) is 0. The molecule has 0 aromatic carbocycles. The summed E-state index contributed by atoms with van der Waals surface area (Å²) in [5.74, 6) is -0.423. The van der Waals surface area contributed by atoms with Crippen LogP contribution in [0, 0.1) is 5.95 Å². The third-order valence-electron chi connectivity index (χ3n) is 2.08. The van der Waals surface area contributed by atoms with Crippen molar-refractivity contribution in [1.29, 1.82) is 0 Å². The van der Waals surface area contributed by atoms with Crippen molar-refractivity contribution < 1.29 is 4.39 Å². The van der Waals surface area contributed by atoms with Gasteiger partial charge in [0.25, 0.3) is 0 Å².